The number of amidine groups is 1. The first kappa shape index (κ1) is 25.7. The fraction of sp³-hybridized carbons (Fsp3) is 0.625. The second-order valence-electron chi connectivity index (χ2n) is 6.52. The summed E-state index contributed by atoms with van der Waals surface area (Å²) in [6.45, 7) is 3.37. The number of aliphatic imine (C=N–C) groups is 1. The monoisotopic (exact) mass is 489 g/mol. The molecule has 0 saturated carbocycles. The molecular formula is C16H23ClF2N3O8P. The molecule has 15 heteroatoms. The van der Waals surface area contributed by atoms with Crippen molar-refractivity contribution in [2.45, 2.75) is 43.1 Å². The molecule has 4 N–H and O–H groups in total. The third-order valence-corrected chi connectivity index (χ3v) is 5.33. The Hall–Kier alpha value is -1.60. The summed E-state index contributed by atoms with van der Waals surface area (Å²) in [6, 6.07) is 0. The fourth-order valence-electron chi connectivity index (χ4n) is 2.52. The van der Waals surface area contributed by atoms with Crippen LogP contribution in [0.4, 0.5) is 8.78 Å². The van der Waals surface area contributed by atoms with Crippen molar-refractivity contribution >= 4 is 31.2 Å². The molecule has 11 nitrogen and oxygen atoms in total. The number of esters is 1. The summed E-state index contributed by atoms with van der Waals surface area (Å²) < 4.78 is 60.2. The van der Waals surface area contributed by atoms with Gasteiger partial charge >= 0.3 is 19.7 Å². The highest BCUT2D eigenvalue weighted by molar-refractivity contribution is 7.47. The van der Waals surface area contributed by atoms with Gasteiger partial charge in [-0.2, -0.15) is 8.78 Å². The second-order valence-corrected chi connectivity index (χ2v) is 8.59. The molecule has 1 saturated heterocycles. The normalized spacial score (nSPS) is 28.2. The van der Waals surface area contributed by atoms with Crippen molar-refractivity contribution < 1.29 is 46.7 Å². The molecule has 1 fully saturated rings. The number of alkyl halides is 3. The molecule has 0 spiro atoms. The number of aliphatic hydroxyl groups is 1. The fourth-order valence-corrected chi connectivity index (χ4v) is 3.51. The van der Waals surface area contributed by atoms with Crippen molar-refractivity contribution in [1.82, 2.24) is 4.90 Å². The zero-order chi connectivity index (χ0) is 23.4. The minimum atomic E-state index is -4.74. The highest BCUT2D eigenvalue weighted by atomic mass is 35.5. The lowest BCUT2D eigenvalue weighted by Crippen LogP contribution is -2.47. The average molecular weight is 490 g/mol. The Morgan fingerprint density at radius 1 is 1.52 bits per heavy atom. The number of aliphatic hydroxyl groups excluding tert-OH is 1. The van der Waals surface area contributed by atoms with Gasteiger partial charge in [0.25, 0.3) is 0 Å². The van der Waals surface area contributed by atoms with Gasteiger partial charge in [-0.15, -0.1) is 11.6 Å². The molecule has 0 aliphatic carbocycles. The lowest BCUT2D eigenvalue weighted by Gasteiger charge is -2.31. The molecule has 0 bridgehead atoms. The molecule has 2 aliphatic rings. The van der Waals surface area contributed by atoms with Gasteiger partial charge in [0.1, 0.15) is 24.4 Å². The number of nitrogens with zero attached hydrogens (tertiary/aromatic N) is 2. The van der Waals surface area contributed by atoms with E-state index in [0.29, 0.717) is 0 Å². The molecule has 176 valence electrons. The van der Waals surface area contributed by atoms with E-state index in [1.54, 1.807) is 6.92 Å². The second kappa shape index (κ2) is 10.3. The summed E-state index contributed by atoms with van der Waals surface area (Å²) in [5.41, 5.74) is 5.47. The molecule has 0 aromatic carbocycles. The van der Waals surface area contributed by atoms with Crippen molar-refractivity contribution in [3.05, 3.63) is 24.7 Å². The maximum absolute atomic E-state index is 14.5. The SMILES string of the molecule is C=C1N=C(N)C=CN1[C@@H]1O[C@H](COP(=O)(O)OCC(Cl)COC(=O)CC)C(O)C1(F)F. The molecule has 5 atom stereocenters. The van der Waals surface area contributed by atoms with Crippen LogP contribution in [0.5, 0.6) is 0 Å². The molecule has 0 amide bonds. The Morgan fingerprint density at radius 3 is 2.81 bits per heavy atom. The molecule has 31 heavy (non-hydrogen) atoms. The highest BCUT2D eigenvalue weighted by Crippen LogP contribution is 2.46. The van der Waals surface area contributed by atoms with E-state index in [9.17, 15) is 28.1 Å². The van der Waals surface area contributed by atoms with E-state index in [2.05, 4.69) is 20.6 Å². The third-order valence-electron chi connectivity index (χ3n) is 4.13. The van der Waals surface area contributed by atoms with E-state index >= 15 is 0 Å². The zero-order valence-electron chi connectivity index (χ0n) is 16.4. The van der Waals surface area contributed by atoms with Crippen molar-refractivity contribution in [2.75, 3.05) is 19.8 Å². The number of nitrogens with two attached hydrogens (primary N) is 1. The van der Waals surface area contributed by atoms with Gasteiger partial charge in [-0.25, -0.2) is 9.56 Å². The van der Waals surface area contributed by atoms with Crippen LogP contribution in [0.15, 0.2) is 29.7 Å². The minimum Gasteiger partial charge on any atom is -0.464 e. The zero-order valence-corrected chi connectivity index (χ0v) is 18.0. The Balaban J connectivity index is 1.89. The van der Waals surface area contributed by atoms with Crippen molar-refractivity contribution in [3.8, 4) is 0 Å². The summed E-state index contributed by atoms with van der Waals surface area (Å²) >= 11 is 5.81. The molecule has 2 heterocycles. The van der Waals surface area contributed by atoms with Gasteiger partial charge < -0.3 is 30.1 Å². The maximum atomic E-state index is 14.5. The van der Waals surface area contributed by atoms with Crippen LogP contribution in [-0.4, -0.2) is 76.3 Å². The van der Waals surface area contributed by atoms with Crippen LogP contribution >= 0.6 is 19.4 Å². The first-order valence-corrected chi connectivity index (χ1v) is 10.9. The summed E-state index contributed by atoms with van der Waals surface area (Å²) in [6.07, 6.45) is -3.52. The smallest absolute Gasteiger partial charge is 0.464 e. The van der Waals surface area contributed by atoms with Gasteiger partial charge in [-0.05, 0) is 6.08 Å². The lowest BCUT2D eigenvalue weighted by molar-refractivity contribution is -0.148. The number of phosphoric ester groups is 1. The van der Waals surface area contributed by atoms with Gasteiger partial charge in [-0.1, -0.05) is 13.5 Å². The van der Waals surface area contributed by atoms with Crippen molar-refractivity contribution in [1.29, 1.82) is 0 Å². The average Bonchev–Trinajstić information content (AvgIpc) is 2.92. The molecule has 0 aromatic rings. The Kier molecular flexibility index (Phi) is 8.56. The Labute approximate surface area is 181 Å². The van der Waals surface area contributed by atoms with Crippen LogP contribution in [0.3, 0.4) is 0 Å². The minimum absolute atomic E-state index is 0.0448. The molecule has 0 aromatic heterocycles. The molecule has 0 radical (unpaired) electrons. The molecular weight excluding hydrogens is 467 g/mol. The maximum Gasteiger partial charge on any atom is 0.472 e. The number of phosphoric acid groups is 1. The van der Waals surface area contributed by atoms with Gasteiger partial charge in [-0.3, -0.25) is 13.8 Å². The van der Waals surface area contributed by atoms with E-state index in [4.69, 9.17) is 26.8 Å². The van der Waals surface area contributed by atoms with E-state index in [0.717, 1.165) is 11.1 Å². The van der Waals surface area contributed by atoms with Crippen LogP contribution in [0.1, 0.15) is 13.3 Å². The Morgan fingerprint density at radius 2 is 2.19 bits per heavy atom. The van der Waals surface area contributed by atoms with E-state index < -0.39 is 56.7 Å². The predicted octanol–water partition coefficient (Wildman–Crippen LogP) is 1.06. The third kappa shape index (κ3) is 6.69. The van der Waals surface area contributed by atoms with Gasteiger partial charge in [0, 0.05) is 12.6 Å². The van der Waals surface area contributed by atoms with Gasteiger partial charge in [0.05, 0.1) is 18.6 Å². The first-order chi connectivity index (χ1) is 14.4. The summed E-state index contributed by atoms with van der Waals surface area (Å²) in [7, 11) is -4.74. The standard InChI is InChI=1S/C16H23ClF2N3O8P/c1-3-13(23)27-6-10(17)7-28-31(25,26)29-8-11-14(24)16(18,19)15(30-11)22-5-4-12(20)21-9(22)2/h4-5,10-11,14-15,24H,2-3,6-8H2,1H3,(H2,20,21)(H,25,26)/t10?,11-,14?,15-/m1/s1. The lowest BCUT2D eigenvalue weighted by atomic mass is 10.1. The van der Waals surface area contributed by atoms with Crippen LogP contribution in [-0.2, 0) is 27.9 Å². The molecule has 2 rings (SSSR count). The van der Waals surface area contributed by atoms with Crippen LogP contribution < -0.4 is 5.73 Å². The van der Waals surface area contributed by atoms with Crippen LogP contribution in [0.2, 0.25) is 0 Å². The van der Waals surface area contributed by atoms with E-state index in [1.165, 1.54) is 6.08 Å². The molecule has 2 aliphatic heterocycles. The number of hydrogen-bond donors (Lipinski definition) is 3. The predicted molar refractivity (Wildman–Crippen MR) is 104 cm³/mol. The van der Waals surface area contributed by atoms with Crippen LogP contribution in [0, 0.1) is 0 Å². The highest BCUT2D eigenvalue weighted by Gasteiger charge is 2.61. The van der Waals surface area contributed by atoms with Gasteiger partial charge in [0.15, 0.2) is 6.10 Å². The van der Waals surface area contributed by atoms with Crippen molar-refractivity contribution in [2.24, 2.45) is 10.7 Å². The summed E-state index contributed by atoms with van der Waals surface area (Å²) in [4.78, 5) is 25.4. The number of ether oxygens (including phenoxy) is 2. The quantitative estimate of drug-likeness (QED) is 0.230. The first-order valence-electron chi connectivity index (χ1n) is 9.00. The summed E-state index contributed by atoms with van der Waals surface area (Å²) in [5, 5.41) is 8.99. The number of hydrogen-bond acceptors (Lipinski definition) is 10. The topological polar surface area (TPSA) is 153 Å². The summed E-state index contributed by atoms with van der Waals surface area (Å²) in [5.74, 6) is -4.42. The molecule has 3 unspecified atom stereocenters. The largest absolute Gasteiger partial charge is 0.472 e. The van der Waals surface area contributed by atoms with E-state index in [1.807, 2.05) is 0 Å². The number of rotatable bonds is 10. The van der Waals surface area contributed by atoms with Crippen LogP contribution in [0.25, 0.3) is 0 Å². The van der Waals surface area contributed by atoms with Gasteiger partial charge in [0.2, 0.25) is 6.23 Å². The number of halogens is 3. The number of carbonyl (C=O) groups is 1. The van der Waals surface area contributed by atoms with E-state index in [-0.39, 0.29) is 24.7 Å². The number of carbonyl (C=O) groups excluding carboxylic acids is 1. The van der Waals surface area contributed by atoms with Crippen molar-refractivity contribution in [3.63, 3.8) is 0 Å². The Bertz CT molecular complexity index is 799.